The topological polar surface area (TPSA) is 325 Å². The minimum atomic E-state index is -1.39. The SMILES string of the molecule is Cc1cc(C)c(-n2c(C)nnc2-c2[c-]ccc3oc(C)nc23)c(C)c1.Cc1nc2c(-c3nncn3-c3c(C(C)C)cccc3C(C)C)[c-]ncc2o1.Cc1nc2c(-c3nncn3-c3c(C)cc([Si](C)(C)C)cc3C)[c-]cnc2o1.Cc1nc2c(-c3nncn3-c3c(C)cccc3C)[c-]cc(C#N)c2o1.Cc1nnc(-c2[c-]ccc3c2nc(C)n3C)n1-c1ccccc1-c1ccccc1.[Ir].[Ir].[Ir].[Ir].[Ir]. The molecule has 0 unspecified atom stereocenters. The van der Waals surface area contributed by atoms with E-state index in [9.17, 15) is 5.26 Å². The smallest absolute Gasteiger partial charge is 0.188 e. The number of para-hydroxylation sites is 3. The molecular weight excluding hydrogens is 2640 g/mol. The molecule has 0 N–H and O–H groups in total. The van der Waals surface area contributed by atoms with Crippen molar-refractivity contribution < 1.29 is 118 Å². The Kier molecular flexibility index (Phi) is 32.9. The third-order valence-corrected chi connectivity index (χ3v) is 25.3. The van der Waals surface area contributed by atoms with E-state index in [4.69, 9.17) is 22.7 Å². The van der Waals surface area contributed by atoms with E-state index in [1.807, 2.05) is 124 Å². The van der Waals surface area contributed by atoms with Crippen molar-refractivity contribution in [3.8, 4) is 103 Å². The maximum absolute atomic E-state index is 9.28. The minimum absolute atomic E-state index is 0. The Balaban J connectivity index is 0.000000153. The monoisotopic (exact) mass is 2740 g/mol. The molecule has 12 heterocycles. The first kappa shape index (κ1) is 104. The molecule has 0 bridgehead atoms. The van der Waals surface area contributed by atoms with Gasteiger partial charge in [0.1, 0.15) is 30.6 Å². The van der Waals surface area contributed by atoms with Crippen LogP contribution in [0.25, 0.3) is 152 Å². The molecule has 0 fully saturated rings. The first-order chi connectivity index (χ1) is 63.9. The molecule has 5 radical (unpaired) electrons. The van der Waals surface area contributed by atoms with E-state index in [-0.39, 0.29) is 101 Å². The van der Waals surface area contributed by atoms with Crippen molar-refractivity contribution in [3.63, 3.8) is 0 Å². The predicted molar refractivity (Wildman–Crippen MR) is 516 cm³/mol. The van der Waals surface area contributed by atoms with Crippen LogP contribution in [0.4, 0.5) is 0 Å². The molecule has 28 nitrogen and oxygen atoms in total. The zero-order valence-corrected chi connectivity index (χ0v) is 92.9. The van der Waals surface area contributed by atoms with Crippen molar-refractivity contribution in [2.75, 3.05) is 0 Å². The van der Waals surface area contributed by atoms with Crippen LogP contribution in [-0.2, 0) is 108 Å². The van der Waals surface area contributed by atoms with E-state index in [2.05, 4.69) is 298 Å². The summed E-state index contributed by atoms with van der Waals surface area (Å²) in [7, 11) is 0.631. The van der Waals surface area contributed by atoms with Crippen molar-refractivity contribution in [1.82, 2.24) is 113 Å². The Labute approximate surface area is 867 Å². The average Bonchev–Trinajstić information content (AvgIpc) is 1.35. The van der Waals surface area contributed by atoms with E-state index >= 15 is 0 Å². The van der Waals surface area contributed by atoms with E-state index in [0.29, 0.717) is 103 Å². The summed E-state index contributed by atoms with van der Waals surface area (Å²) < 4.78 is 34.7. The second kappa shape index (κ2) is 43.5. The van der Waals surface area contributed by atoms with Gasteiger partial charge in [0.15, 0.2) is 29.3 Å². The zero-order valence-electron chi connectivity index (χ0n) is 79.9. The normalized spacial score (nSPS) is 11.1. The molecule has 0 aliphatic rings. The van der Waals surface area contributed by atoms with Crippen LogP contribution in [0.3, 0.4) is 0 Å². The number of benzene rings is 9. The van der Waals surface area contributed by atoms with Gasteiger partial charge in [0, 0.05) is 202 Å². The van der Waals surface area contributed by atoms with Gasteiger partial charge in [-0.25, -0.2) is 10.2 Å². The molecule has 0 atom stereocenters. The van der Waals surface area contributed by atoms with Gasteiger partial charge < -0.3 is 50.1 Å². The predicted octanol–water partition coefficient (Wildman–Crippen LogP) is 21.6. The fraction of sp³-hybridized carbons (Fsp3) is 0.231. The van der Waals surface area contributed by atoms with Crippen molar-refractivity contribution in [2.45, 2.75) is 156 Å². The number of rotatable bonds is 14. The van der Waals surface area contributed by atoms with Gasteiger partial charge in [-0.1, -0.05) is 196 Å². The van der Waals surface area contributed by atoms with Crippen LogP contribution in [0.1, 0.15) is 136 Å². The number of aryl methyl sites for hydroxylation is 15. The van der Waals surface area contributed by atoms with Crippen LogP contribution in [-0.4, -0.2) is 121 Å². The third-order valence-electron chi connectivity index (χ3n) is 23.3. The third kappa shape index (κ3) is 20.6. The second-order valence-corrected chi connectivity index (χ2v) is 39.7. The van der Waals surface area contributed by atoms with E-state index < -0.39 is 8.07 Å². The van der Waals surface area contributed by atoms with Gasteiger partial charge in [0.05, 0.1) is 65.8 Å². The average molecular weight is 2740 g/mol. The van der Waals surface area contributed by atoms with Gasteiger partial charge in [-0.2, -0.15) is 36.7 Å². The number of nitriles is 1. The summed E-state index contributed by atoms with van der Waals surface area (Å²) in [6.45, 7) is 43.7. The maximum atomic E-state index is 9.28. The van der Waals surface area contributed by atoms with Crippen LogP contribution in [0.5, 0.6) is 0 Å². The molecule has 21 aromatic rings. The molecular formula is C104H97Ir5N24O4Si-5. The Hall–Kier alpha value is -12.7. The summed E-state index contributed by atoms with van der Waals surface area (Å²) in [6, 6.07) is 64.5. The number of oxazole rings is 4. The first-order valence-corrected chi connectivity index (χ1v) is 47.1. The molecule has 34 heteroatoms. The van der Waals surface area contributed by atoms with Crippen LogP contribution >= 0.6 is 0 Å². The number of imidazole rings is 1. The Morgan fingerprint density at radius 3 is 1.50 bits per heavy atom. The molecule has 12 aromatic heterocycles. The van der Waals surface area contributed by atoms with Gasteiger partial charge in [-0.3, -0.25) is 24.9 Å². The van der Waals surface area contributed by atoms with Crippen molar-refractivity contribution in [2.24, 2.45) is 7.05 Å². The van der Waals surface area contributed by atoms with E-state index in [1.54, 1.807) is 51.3 Å². The van der Waals surface area contributed by atoms with Crippen molar-refractivity contribution in [3.05, 3.63) is 304 Å². The summed E-state index contributed by atoms with van der Waals surface area (Å²) in [5, 5.41) is 53.9. The summed E-state index contributed by atoms with van der Waals surface area (Å²) >= 11 is 0. The molecule has 0 aliphatic carbocycles. The maximum Gasteiger partial charge on any atom is 0.188 e. The van der Waals surface area contributed by atoms with Gasteiger partial charge in [-0.15, -0.1) is 68.4 Å². The fourth-order valence-electron chi connectivity index (χ4n) is 17.2. The van der Waals surface area contributed by atoms with Crippen LogP contribution in [0.15, 0.2) is 195 Å². The molecule has 21 rings (SSSR count). The number of hydrogen-bond acceptors (Lipinski definition) is 22. The number of aromatic nitrogens is 23. The number of nitrogens with zero attached hydrogens (tertiary/aromatic N) is 24. The Morgan fingerprint density at radius 2 is 0.899 bits per heavy atom. The second-order valence-electron chi connectivity index (χ2n) is 34.6. The summed E-state index contributed by atoms with van der Waals surface area (Å²) in [5.41, 5.74) is 29.4. The van der Waals surface area contributed by atoms with Gasteiger partial charge >= 0.3 is 0 Å². The van der Waals surface area contributed by atoms with Gasteiger partial charge in [-0.05, 0) is 161 Å². The van der Waals surface area contributed by atoms with Crippen molar-refractivity contribution in [1.29, 1.82) is 5.26 Å². The summed E-state index contributed by atoms with van der Waals surface area (Å²) in [6.07, 6.45) is 11.4. The largest absolute Gasteiger partial charge is 0.461 e. The van der Waals surface area contributed by atoms with E-state index in [1.165, 1.54) is 44.1 Å². The minimum Gasteiger partial charge on any atom is -0.461 e. The molecule has 0 saturated heterocycles. The Bertz CT molecular complexity index is 7940. The first-order valence-electron chi connectivity index (χ1n) is 43.6. The summed E-state index contributed by atoms with van der Waals surface area (Å²) in [4.78, 5) is 31.1. The summed E-state index contributed by atoms with van der Waals surface area (Å²) in [5.74, 6) is 9.03. The fourth-order valence-corrected chi connectivity index (χ4v) is 18.5. The van der Waals surface area contributed by atoms with Crippen LogP contribution in [0.2, 0.25) is 19.6 Å². The number of fused-ring (bicyclic) bond motifs is 5. The number of pyridine rings is 2. The van der Waals surface area contributed by atoms with E-state index in [0.717, 1.165) is 119 Å². The number of hydrogen-bond donors (Lipinski definition) is 0. The molecule has 138 heavy (non-hydrogen) atoms. The molecule has 0 spiro atoms. The quantitative estimate of drug-likeness (QED) is 0.0721. The molecule has 0 saturated carbocycles. The standard InChI is InChI=1S/C24H20N5.C21H22N5O.C20H22N5OSi.C20H19N4O.C19H14N5O.5Ir/c1-16-25-23-20(13-9-15-22(23)28(16)3)24-27-26-17(2)29(24)21-14-8-7-12-19(21)18-10-5-4-6-11-18;1-12(2)15-7-6-8-16(13(3)4)20(15)26-11-23-25-21(26)17-9-22-10-18-19(17)24-14(5)27-18;1-12-9-15(27(4,5)6)10-13(2)18(12)25-11-22-24-19(25)16-7-8-21-20-17(16)23-14(3)26-20;1-11-9-12(2)19(13(3)10-11)24-14(4)22-23-20(24)16-7-6-8-17-18(16)21-15(5)25-17;1-11-5-4-6-12(2)17(11)24-10-21-23-19(24)15-8-7-14(9-20)18-16(15)22-13(3)25-18;;;;;/h4-12,14-15H,1-3H3;6-8,10-13H,1-5H3;8-11H,1-6H3;6,8-10H,1-5H3;4-7,10H,1-3H3;;;;;/q5*-1;;;;;. The molecule has 0 aliphatic heterocycles. The molecule has 711 valence electrons. The Morgan fingerprint density at radius 1 is 0.413 bits per heavy atom. The molecule has 0 amide bonds. The van der Waals surface area contributed by atoms with Gasteiger partial charge in [0.25, 0.3) is 0 Å². The van der Waals surface area contributed by atoms with Gasteiger partial charge in [0.2, 0.25) is 0 Å². The van der Waals surface area contributed by atoms with Crippen LogP contribution in [0, 0.1) is 139 Å². The zero-order chi connectivity index (χ0) is 93.7. The van der Waals surface area contributed by atoms with Crippen molar-refractivity contribution >= 4 is 68.8 Å². The molecule has 9 aromatic carbocycles. The van der Waals surface area contributed by atoms with Crippen LogP contribution < -0.4 is 5.19 Å².